The van der Waals surface area contributed by atoms with Crippen molar-refractivity contribution in [3.05, 3.63) is 11.1 Å². The maximum atomic E-state index is 11.8. The van der Waals surface area contributed by atoms with Gasteiger partial charge in [-0.1, -0.05) is 0 Å². The van der Waals surface area contributed by atoms with Crippen molar-refractivity contribution < 1.29 is 19.4 Å². The highest BCUT2D eigenvalue weighted by Crippen LogP contribution is 2.33. The molecular formula is C13H18N2O4S. The molecule has 1 amide bonds. The molecule has 1 aromatic heterocycles. The molecule has 0 unspecified atom stereocenters. The molecule has 1 heterocycles. The third kappa shape index (κ3) is 4.28. The number of aromatic nitrogens is 1. The number of amides is 1. The lowest BCUT2D eigenvalue weighted by atomic mass is 9.80. The van der Waals surface area contributed by atoms with Gasteiger partial charge in [-0.15, -0.1) is 11.3 Å². The molecule has 1 aliphatic carbocycles. The van der Waals surface area contributed by atoms with Crippen LogP contribution in [-0.4, -0.2) is 34.7 Å². The van der Waals surface area contributed by atoms with E-state index in [1.165, 1.54) is 11.3 Å². The van der Waals surface area contributed by atoms with Crippen molar-refractivity contribution in [1.82, 2.24) is 4.98 Å². The first kappa shape index (κ1) is 14.9. The summed E-state index contributed by atoms with van der Waals surface area (Å²) in [7, 11) is 0. The van der Waals surface area contributed by atoms with E-state index < -0.39 is 5.97 Å². The molecule has 20 heavy (non-hydrogen) atoms. The first-order valence-corrected chi connectivity index (χ1v) is 7.52. The van der Waals surface area contributed by atoms with E-state index in [2.05, 4.69) is 10.3 Å². The summed E-state index contributed by atoms with van der Waals surface area (Å²) in [4.78, 5) is 26.4. The van der Waals surface area contributed by atoms with Gasteiger partial charge in [0.15, 0.2) is 5.13 Å². The van der Waals surface area contributed by atoms with E-state index in [9.17, 15) is 9.59 Å². The minimum absolute atomic E-state index is 0.0684. The fraction of sp³-hybridized carbons (Fsp3) is 0.615. The van der Waals surface area contributed by atoms with Crippen LogP contribution in [-0.2, 0) is 20.7 Å². The summed E-state index contributed by atoms with van der Waals surface area (Å²) in [5.41, 5.74) is 0.470. The molecule has 1 saturated carbocycles. The van der Waals surface area contributed by atoms with Crippen LogP contribution in [0.25, 0.3) is 0 Å². The number of nitrogens with one attached hydrogen (secondary N) is 1. The Morgan fingerprint density at radius 1 is 1.55 bits per heavy atom. The Bertz CT molecular complexity index is 482. The maximum Gasteiger partial charge on any atom is 0.309 e. The van der Waals surface area contributed by atoms with Gasteiger partial charge in [0.1, 0.15) is 0 Å². The summed E-state index contributed by atoms with van der Waals surface area (Å²) in [5.74, 6) is -0.615. The fourth-order valence-corrected chi connectivity index (χ4v) is 2.97. The topological polar surface area (TPSA) is 88.5 Å². The lowest BCUT2D eigenvalue weighted by molar-refractivity contribution is -0.136. The molecular weight excluding hydrogens is 280 g/mol. The Hall–Kier alpha value is -1.47. The molecule has 0 bridgehead atoms. The van der Waals surface area contributed by atoms with Gasteiger partial charge in [-0.3, -0.25) is 9.59 Å². The van der Waals surface area contributed by atoms with E-state index in [1.807, 2.05) is 6.92 Å². The minimum atomic E-state index is -0.926. The predicted molar refractivity (Wildman–Crippen MR) is 74.8 cm³/mol. The summed E-state index contributed by atoms with van der Waals surface area (Å²) in [6.07, 6.45) is 2.52. The Balaban J connectivity index is 1.72. The van der Waals surface area contributed by atoms with E-state index in [1.54, 1.807) is 5.38 Å². The number of nitrogens with zero attached hydrogens (tertiary/aromatic N) is 1. The number of carbonyl (C=O) groups excluding carboxylic acids is 1. The molecule has 1 aromatic rings. The van der Waals surface area contributed by atoms with Gasteiger partial charge >= 0.3 is 5.97 Å². The van der Waals surface area contributed by atoms with Crippen LogP contribution >= 0.6 is 11.3 Å². The van der Waals surface area contributed by atoms with Gasteiger partial charge < -0.3 is 15.2 Å². The van der Waals surface area contributed by atoms with Crippen LogP contribution in [0.15, 0.2) is 5.38 Å². The van der Waals surface area contributed by atoms with Crippen LogP contribution in [0, 0.1) is 5.92 Å². The van der Waals surface area contributed by atoms with Gasteiger partial charge in [0, 0.05) is 18.4 Å². The summed E-state index contributed by atoms with van der Waals surface area (Å²) in [6.45, 7) is 2.69. The van der Waals surface area contributed by atoms with Crippen molar-refractivity contribution in [3.63, 3.8) is 0 Å². The van der Waals surface area contributed by atoms with E-state index in [4.69, 9.17) is 9.84 Å². The SMILES string of the molecule is CCOC1CC(CC(=O)Nc2nc(CC(=O)O)cs2)C1. The number of ether oxygens (including phenoxy) is 1. The zero-order chi connectivity index (χ0) is 14.5. The summed E-state index contributed by atoms with van der Waals surface area (Å²) in [5, 5.41) is 13.5. The Morgan fingerprint density at radius 2 is 2.30 bits per heavy atom. The Morgan fingerprint density at radius 3 is 2.95 bits per heavy atom. The first-order valence-electron chi connectivity index (χ1n) is 6.64. The fourth-order valence-electron chi connectivity index (χ4n) is 2.25. The quantitative estimate of drug-likeness (QED) is 0.802. The standard InChI is InChI=1S/C13H18N2O4S/c1-2-19-10-3-8(4-10)5-11(16)15-13-14-9(7-20-13)6-12(17)18/h7-8,10H,2-6H2,1H3,(H,17,18)(H,14,15,16). The summed E-state index contributed by atoms with van der Waals surface area (Å²) < 4.78 is 5.45. The normalized spacial score (nSPS) is 21.2. The predicted octanol–water partition coefficient (Wildman–Crippen LogP) is 1.91. The third-order valence-corrected chi connectivity index (χ3v) is 4.01. The third-order valence-electron chi connectivity index (χ3n) is 3.20. The van der Waals surface area contributed by atoms with Gasteiger partial charge in [0.2, 0.25) is 5.91 Å². The number of anilines is 1. The highest BCUT2D eigenvalue weighted by Gasteiger charge is 2.31. The lowest BCUT2D eigenvalue weighted by Crippen LogP contribution is -2.33. The second-order valence-electron chi connectivity index (χ2n) is 4.88. The average molecular weight is 298 g/mol. The molecule has 2 rings (SSSR count). The molecule has 7 heteroatoms. The number of thiazole rings is 1. The molecule has 0 spiro atoms. The highest BCUT2D eigenvalue weighted by atomic mass is 32.1. The smallest absolute Gasteiger partial charge is 0.309 e. The molecule has 110 valence electrons. The van der Waals surface area contributed by atoms with Crippen molar-refractivity contribution in [3.8, 4) is 0 Å². The zero-order valence-corrected chi connectivity index (χ0v) is 12.1. The van der Waals surface area contributed by atoms with Gasteiger partial charge in [-0.2, -0.15) is 0 Å². The van der Waals surface area contributed by atoms with Crippen molar-refractivity contribution in [1.29, 1.82) is 0 Å². The van der Waals surface area contributed by atoms with Crippen LogP contribution in [0.5, 0.6) is 0 Å². The number of carboxylic acids is 1. The first-order chi connectivity index (χ1) is 9.56. The maximum absolute atomic E-state index is 11.8. The van der Waals surface area contributed by atoms with Gasteiger partial charge in [0.25, 0.3) is 0 Å². The van der Waals surface area contributed by atoms with Gasteiger partial charge in [-0.25, -0.2) is 4.98 Å². The van der Waals surface area contributed by atoms with Gasteiger partial charge in [0.05, 0.1) is 18.2 Å². The molecule has 0 atom stereocenters. The minimum Gasteiger partial charge on any atom is -0.481 e. The highest BCUT2D eigenvalue weighted by molar-refractivity contribution is 7.13. The largest absolute Gasteiger partial charge is 0.481 e. The molecule has 0 aliphatic heterocycles. The lowest BCUT2D eigenvalue weighted by Gasteiger charge is -2.34. The molecule has 1 aliphatic rings. The Labute approximate surface area is 121 Å². The van der Waals surface area contributed by atoms with E-state index >= 15 is 0 Å². The van der Waals surface area contributed by atoms with E-state index in [-0.39, 0.29) is 12.3 Å². The second-order valence-corrected chi connectivity index (χ2v) is 5.74. The average Bonchev–Trinajstić information content (AvgIpc) is 2.72. The number of carboxylic acid groups (broad SMARTS) is 1. The van der Waals surface area contributed by atoms with E-state index in [0.717, 1.165) is 19.4 Å². The van der Waals surface area contributed by atoms with Crippen LogP contribution in [0.1, 0.15) is 31.9 Å². The monoisotopic (exact) mass is 298 g/mol. The number of carbonyl (C=O) groups is 2. The van der Waals surface area contributed by atoms with Gasteiger partial charge in [-0.05, 0) is 25.7 Å². The van der Waals surface area contributed by atoms with Crippen LogP contribution < -0.4 is 5.32 Å². The molecule has 0 radical (unpaired) electrons. The molecule has 0 aromatic carbocycles. The van der Waals surface area contributed by atoms with Crippen molar-refractivity contribution in [2.24, 2.45) is 5.92 Å². The van der Waals surface area contributed by atoms with Crippen molar-refractivity contribution in [2.75, 3.05) is 11.9 Å². The Kier molecular flexibility index (Phi) is 5.08. The second kappa shape index (κ2) is 6.81. The number of rotatable bonds is 7. The van der Waals surface area contributed by atoms with E-state index in [0.29, 0.717) is 29.3 Å². The molecule has 0 saturated heterocycles. The van der Waals surface area contributed by atoms with Crippen LogP contribution in [0.2, 0.25) is 0 Å². The van der Waals surface area contributed by atoms with Crippen LogP contribution in [0.4, 0.5) is 5.13 Å². The number of hydrogen-bond donors (Lipinski definition) is 2. The van der Waals surface area contributed by atoms with Crippen LogP contribution in [0.3, 0.4) is 0 Å². The number of hydrogen-bond acceptors (Lipinski definition) is 5. The zero-order valence-electron chi connectivity index (χ0n) is 11.3. The molecule has 1 fully saturated rings. The summed E-state index contributed by atoms with van der Waals surface area (Å²) in [6, 6.07) is 0. The number of aliphatic carboxylic acids is 1. The van der Waals surface area contributed by atoms with Crippen molar-refractivity contribution >= 4 is 28.3 Å². The molecule has 6 nitrogen and oxygen atoms in total. The summed E-state index contributed by atoms with van der Waals surface area (Å²) >= 11 is 1.25. The van der Waals surface area contributed by atoms with Crippen molar-refractivity contribution in [2.45, 2.75) is 38.7 Å². The molecule has 2 N–H and O–H groups in total.